The van der Waals surface area contributed by atoms with Gasteiger partial charge in [0.2, 0.25) is 6.41 Å². The molecular weight excluding hydrogens is 116 g/mol. The fourth-order valence-corrected chi connectivity index (χ4v) is 0.503. The van der Waals surface area contributed by atoms with Crippen molar-refractivity contribution >= 4 is 6.41 Å². The summed E-state index contributed by atoms with van der Waals surface area (Å²) in [6.07, 6.45) is 2.40. The topological polar surface area (TPSA) is 32.3 Å². The van der Waals surface area contributed by atoms with Gasteiger partial charge in [0, 0.05) is 13.1 Å². The third-order valence-corrected chi connectivity index (χ3v) is 0.966. The lowest BCUT2D eigenvalue weighted by Gasteiger charge is -2.15. The first kappa shape index (κ1) is 8.17. The maximum atomic E-state index is 9.86. The molecule has 0 saturated carbocycles. The van der Waals surface area contributed by atoms with Crippen LogP contribution in [0.3, 0.4) is 0 Å². The maximum Gasteiger partial charge on any atom is 0.221 e. The van der Waals surface area contributed by atoms with Crippen molar-refractivity contribution in [1.29, 1.82) is 0 Å². The van der Waals surface area contributed by atoms with Crippen molar-refractivity contribution in [2.24, 2.45) is 0 Å². The zero-order valence-corrected chi connectivity index (χ0v) is 5.63. The molecule has 0 saturated heterocycles. The number of hydrogen-bond donors (Lipinski definition) is 1. The molecule has 0 rings (SSSR count). The molecule has 52 valence electrons. The van der Waals surface area contributed by atoms with Crippen LogP contribution in [0.4, 0.5) is 0 Å². The van der Waals surface area contributed by atoms with Crippen LogP contribution in [0.1, 0.15) is 6.92 Å². The van der Waals surface area contributed by atoms with Gasteiger partial charge in [-0.15, -0.1) is 6.58 Å². The molecule has 9 heavy (non-hydrogen) atoms. The molecule has 0 aromatic rings. The lowest BCUT2D eigenvalue weighted by atomic mass is 10.6. The zero-order valence-electron chi connectivity index (χ0n) is 5.63. The van der Waals surface area contributed by atoms with Crippen LogP contribution in [-0.2, 0) is 4.79 Å². The summed E-state index contributed by atoms with van der Waals surface area (Å²) in [5, 5.41) is 1.75. The van der Waals surface area contributed by atoms with Crippen molar-refractivity contribution < 1.29 is 4.79 Å². The number of hydrazine groups is 1. The average molecular weight is 128 g/mol. The summed E-state index contributed by atoms with van der Waals surface area (Å²) in [4.78, 5) is 9.86. The molecule has 1 N–H and O–H groups in total. The van der Waals surface area contributed by atoms with E-state index in [-0.39, 0.29) is 0 Å². The van der Waals surface area contributed by atoms with Crippen LogP contribution in [-0.4, -0.2) is 24.5 Å². The Labute approximate surface area is 55.3 Å². The fraction of sp³-hybridized carbons (Fsp3) is 0.500. The number of rotatable bonds is 5. The van der Waals surface area contributed by atoms with Crippen LogP contribution in [0.25, 0.3) is 0 Å². The highest BCUT2D eigenvalue weighted by molar-refractivity contribution is 5.44. The van der Waals surface area contributed by atoms with Gasteiger partial charge in [-0.25, -0.2) is 5.01 Å². The van der Waals surface area contributed by atoms with Gasteiger partial charge in [0.1, 0.15) is 0 Å². The Morgan fingerprint density at radius 3 is 2.78 bits per heavy atom. The number of nitrogens with zero attached hydrogens (tertiary/aromatic N) is 1. The highest BCUT2D eigenvalue weighted by Gasteiger charge is 1.92. The SMILES string of the molecule is C=CCN(CC)NC=O. The van der Waals surface area contributed by atoms with E-state index in [9.17, 15) is 4.79 Å². The largest absolute Gasteiger partial charge is 0.291 e. The molecule has 0 spiro atoms. The lowest BCUT2D eigenvalue weighted by Crippen LogP contribution is -2.36. The molecule has 0 aliphatic rings. The third kappa shape index (κ3) is 3.73. The summed E-state index contributed by atoms with van der Waals surface area (Å²) in [5.74, 6) is 0. The Balaban J connectivity index is 3.39. The summed E-state index contributed by atoms with van der Waals surface area (Å²) in [5.41, 5.74) is 2.51. The van der Waals surface area contributed by atoms with Gasteiger partial charge in [-0.05, 0) is 0 Å². The smallest absolute Gasteiger partial charge is 0.221 e. The molecule has 0 aliphatic heterocycles. The van der Waals surface area contributed by atoms with Crippen molar-refractivity contribution in [2.75, 3.05) is 13.1 Å². The molecule has 3 heteroatoms. The maximum absolute atomic E-state index is 9.86. The van der Waals surface area contributed by atoms with Crippen LogP contribution in [0.5, 0.6) is 0 Å². The Bertz CT molecular complexity index is 83.1. The second kappa shape index (κ2) is 5.31. The molecular formula is C6H12N2O. The van der Waals surface area contributed by atoms with Crippen molar-refractivity contribution in [1.82, 2.24) is 10.4 Å². The summed E-state index contributed by atoms with van der Waals surface area (Å²) in [6, 6.07) is 0. The van der Waals surface area contributed by atoms with E-state index in [2.05, 4.69) is 12.0 Å². The van der Waals surface area contributed by atoms with Crippen LogP contribution >= 0.6 is 0 Å². The number of nitrogens with one attached hydrogen (secondary N) is 1. The Morgan fingerprint density at radius 1 is 1.78 bits per heavy atom. The third-order valence-electron chi connectivity index (χ3n) is 0.966. The zero-order chi connectivity index (χ0) is 7.11. The molecule has 3 nitrogen and oxygen atoms in total. The highest BCUT2D eigenvalue weighted by Crippen LogP contribution is 1.77. The van der Waals surface area contributed by atoms with E-state index >= 15 is 0 Å². The molecule has 0 aliphatic carbocycles. The van der Waals surface area contributed by atoms with Gasteiger partial charge in [0.05, 0.1) is 0 Å². The minimum Gasteiger partial charge on any atom is -0.291 e. The molecule has 0 aromatic carbocycles. The molecule has 0 aromatic heterocycles. The number of carbonyl (C=O) groups excluding carboxylic acids is 1. The summed E-state index contributed by atoms with van der Waals surface area (Å²) < 4.78 is 0. The molecule has 0 atom stereocenters. The van der Waals surface area contributed by atoms with Gasteiger partial charge in [0.15, 0.2) is 0 Å². The standard InChI is InChI=1S/C6H12N2O/c1-3-5-8(4-2)7-6-9/h3,6H,1,4-5H2,2H3,(H,7,9). The Hall–Kier alpha value is -0.830. The first-order valence-corrected chi connectivity index (χ1v) is 2.90. The quantitative estimate of drug-likeness (QED) is 0.325. The second-order valence-electron chi connectivity index (χ2n) is 1.57. The Morgan fingerprint density at radius 2 is 2.44 bits per heavy atom. The van der Waals surface area contributed by atoms with Crippen molar-refractivity contribution in [3.8, 4) is 0 Å². The number of likely N-dealkylation sites (N-methyl/N-ethyl adjacent to an activating group) is 1. The van der Waals surface area contributed by atoms with Gasteiger partial charge >= 0.3 is 0 Å². The van der Waals surface area contributed by atoms with Crippen LogP contribution < -0.4 is 5.43 Å². The van der Waals surface area contributed by atoms with Crippen molar-refractivity contribution in [3.63, 3.8) is 0 Å². The second-order valence-corrected chi connectivity index (χ2v) is 1.57. The first-order chi connectivity index (χ1) is 4.35. The van der Waals surface area contributed by atoms with E-state index in [0.717, 1.165) is 6.54 Å². The minimum atomic E-state index is 0.660. The van der Waals surface area contributed by atoms with Gasteiger partial charge in [0.25, 0.3) is 0 Å². The van der Waals surface area contributed by atoms with E-state index < -0.39 is 0 Å². The Kier molecular flexibility index (Phi) is 4.82. The predicted octanol–water partition coefficient (Wildman–Crippen LogP) is 0.155. The lowest BCUT2D eigenvalue weighted by molar-refractivity contribution is -0.113. The average Bonchev–Trinajstić information content (AvgIpc) is 1.88. The van der Waals surface area contributed by atoms with Crippen molar-refractivity contribution in [2.45, 2.75) is 6.92 Å². The van der Waals surface area contributed by atoms with Gasteiger partial charge in [-0.2, -0.15) is 0 Å². The van der Waals surface area contributed by atoms with Crippen molar-refractivity contribution in [3.05, 3.63) is 12.7 Å². The van der Waals surface area contributed by atoms with Crippen LogP contribution in [0, 0.1) is 0 Å². The molecule has 0 heterocycles. The monoisotopic (exact) mass is 128 g/mol. The number of amides is 1. The van der Waals surface area contributed by atoms with Gasteiger partial charge in [-0.3, -0.25) is 10.2 Å². The normalized spacial score (nSPS) is 9.11. The minimum absolute atomic E-state index is 0.660. The van der Waals surface area contributed by atoms with Crippen LogP contribution in [0.15, 0.2) is 12.7 Å². The van der Waals surface area contributed by atoms with E-state index in [1.807, 2.05) is 6.92 Å². The molecule has 0 radical (unpaired) electrons. The summed E-state index contributed by atoms with van der Waals surface area (Å²) >= 11 is 0. The van der Waals surface area contributed by atoms with E-state index in [1.165, 1.54) is 0 Å². The van der Waals surface area contributed by atoms with E-state index in [1.54, 1.807) is 11.1 Å². The number of hydrogen-bond acceptors (Lipinski definition) is 2. The predicted molar refractivity (Wildman–Crippen MR) is 36.6 cm³/mol. The summed E-state index contributed by atoms with van der Waals surface area (Å²) in [7, 11) is 0. The van der Waals surface area contributed by atoms with Gasteiger partial charge in [-0.1, -0.05) is 13.0 Å². The highest BCUT2D eigenvalue weighted by atomic mass is 16.1. The van der Waals surface area contributed by atoms with E-state index in [4.69, 9.17) is 0 Å². The number of carbonyl (C=O) groups is 1. The molecule has 0 unspecified atom stereocenters. The summed E-state index contributed by atoms with van der Waals surface area (Å²) in [6.45, 7) is 6.98. The van der Waals surface area contributed by atoms with Gasteiger partial charge < -0.3 is 0 Å². The van der Waals surface area contributed by atoms with E-state index in [0.29, 0.717) is 13.0 Å². The van der Waals surface area contributed by atoms with Crippen LogP contribution in [0.2, 0.25) is 0 Å². The first-order valence-electron chi connectivity index (χ1n) is 2.90. The molecule has 1 amide bonds. The fourth-order valence-electron chi connectivity index (χ4n) is 0.503. The molecule has 0 bridgehead atoms. The molecule has 0 fully saturated rings.